The second-order valence-electron chi connectivity index (χ2n) is 6.98. The summed E-state index contributed by atoms with van der Waals surface area (Å²) in [7, 11) is 1.79. The van der Waals surface area contributed by atoms with Gasteiger partial charge in [0.1, 0.15) is 5.75 Å². The lowest BCUT2D eigenvalue weighted by atomic mass is 9.83. The molecule has 1 aromatic carbocycles. The van der Waals surface area contributed by atoms with Gasteiger partial charge >= 0.3 is 0 Å². The van der Waals surface area contributed by atoms with Crippen LogP contribution in [-0.2, 0) is 0 Å². The van der Waals surface area contributed by atoms with Gasteiger partial charge in [0.05, 0.1) is 7.11 Å². The Hall–Kier alpha value is -1.02. The third-order valence-electron chi connectivity index (χ3n) is 5.53. The SMILES string of the molecule is COc1ccccc1C1CCN([C@@H]2CCC[C@H](C)C2)CC1. The largest absolute Gasteiger partial charge is 0.496 e. The monoisotopic (exact) mass is 287 g/mol. The quantitative estimate of drug-likeness (QED) is 0.814. The fourth-order valence-corrected chi connectivity index (χ4v) is 4.31. The van der Waals surface area contributed by atoms with Crippen molar-refractivity contribution in [1.82, 2.24) is 4.90 Å². The van der Waals surface area contributed by atoms with Crippen LogP contribution in [0.15, 0.2) is 24.3 Å². The molecule has 0 amide bonds. The number of benzene rings is 1. The Labute approximate surface area is 129 Å². The summed E-state index contributed by atoms with van der Waals surface area (Å²) < 4.78 is 5.54. The molecule has 1 aromatic rings. The van der Waals surface area contributed by atoms with Gasteiger partial charge in [-0.1, -0.05) is 38.0 Å². The van der Waals surface area contributed by atoms with Gasteiger partial charge in [0.15, 0.2) is 0 Å². The number of ether oxygens (including phenoxy) is 1. The Balaban J connectivity index is 1.60. The zero-order valence-corrected chi connectivity index (χ0v) is 13.6. The van der Waals surface area contributed by atoms with E-state index < -0.39 is 0 Å². The van der Waals surface area contributed by atoms with Gasteiger partial charge in [-0.2, -0.15) is 0 Å². The number of hydrogen-bond acceptors (Lipinski definition) is 2. The Morgan fingerprint density at radius 1 is 1.05 bits per heavy atom. The van der Waals surface area contributed by atoms with Crippen molar-refractivity contribution in [2.75, 3.05) is 20.2 Å². The molecule has 0 bridgehead atoms. The van der Waals surface area contributed by atoms with E-state index in [1.54, 1.807) is 7.11 Å². The predicted octanol–water partition coefficient (Wildman–Crippen LogP) is 4.45. The van der Waals surface area contributed by atoms with E-state index in [1.165, 1.54) is 57.2 Å². The number of likely N-dealkylation sites (tertiary alicyclic amines) is 1. The van der Waals surface area contributed by atoms with Crippen molar-refractivity contribution in [2.24, 2.45) is 5.92 Å². The predicted molar refractivity (Wildman–Crippen MR) is 88.0 cm³/mol. The number of piperidine rings is 1. The zero-order chi connectivity index (χ0) is 14.7. The van der Waals surface area contributed by atoms with Crippen molar-refractivity contribution in [3.63, 3.8) is 0 Å². The van der Waals surface area contributed by atoms with Crippen molar-refractivity contribution in [1.29, 1.82) is 0 Å². The number of methoxy groups -OCH3 is 1. The first kappa shape index (κ1) is 14.9. The van der Waals surface area contributed by atoms with Gasteiger partial charge in [-0.3, -0.25) is 0 Å². The molecule has 1 saturated carbocycles. The highest BCUT2D eigenvalue weighted by atomic mass is 16.5. The summed E-state index contributed by atoms with van der Waals surface area (Å²) in [5, 5.41) is 0. The maximum atomic E-state index is 5.54. The fourth-order valence-electron chi connectivity index (χ4n) is 4.31. The van der Waals surface area contributed by atoms with Crippen molar-refractivity contribution in [3.8, 4) is 5.75 Å². The van der Waals surface area contributed by atoms with Gasteiger partial charge in [0.25, 0.3) is 0 Å². The van der Waals surface area contributed by atoms with Gasteiger partial charge in [-0.05, 0) is 62.2 Å². The molecule has 0 radical (unpaired) electrons. The lowest BCUT2D eigenvalue weighted by Crippen LogP contribution is -2.43. The molecule has 3 rings (SSSR count). The lowest BCUT2D eigenvalue weighted by Gasteiger charge is -2.41. The molecule has 0 aromatic heterocycles. The molecule has 2 aliphatic rings. The van der Waals surface area contributed by atoms with Crippen molar-refractivity contribution >= 4 is 0 Å². The molecule has 0 N–H and O–H groups in total. The average molecular weight is 287 g/mol. The molecule has 21 heavy (non-hydrogen) atoms. The van der Waals surface area contributed by atoms with E-state index in [0.717, 1.165) is 17.7 Å². The zero-order valence-electron chi connectivity index (χ0n) is 13.6. The van der Waals surface area contributed by atoms with E-state index in [-0.39, 0.29) is 0 Å². The van der Waals surface area contributed by atoms with Crippen LogP contribution >= 0.6 is 0 Å². The van der Waals surface area contributed by atoms with Gasteiger partial charge in [-0.15, -0.1) is 0 Å². The molecule has 1 aliphatic heterocycles. The van der Waals surface area contributed by atoms with Crippen LogP contribution in [0.5, 0.6) is 5.75 Å². The van der Waals surface area contributed by atoms with Gasteiger partial charge in [0, 0.05) is 6.04 Å². The van der Waals surface area contributed by atoms with E-state index in [4.69, 9.17) is 4.74 Å². The summed E-state index contributed by atoms with van der Waals surface area (Å²) >= 11 is 0. The molecule has 2 nitrogen and oxygen atoms in total. The molecule has 0 spiro atoms. The maximum absolute atomic E-state index is 5.54. The molecule has 1 saturated heterocycles. The average Bonchev–Trinajstić information content (AvgIpc) is 2.55. The third-order valence-corrected chi connectivity index (χ3v) is 5.53. The Kier molecular flexibility index (Phi) is 4.84. The van der Waals surface area contributed by atoms with E-state index >= 15 is 0 Å². The van der Waals surface area contributed by atoms with Crippen LogP contribution in [0.25, 0.3) is 0 Å². The second-order valence-corrected chi connectivity index (χ2v) is 6.98. The summed E-state index contributed by atoms with van der Waals surface area (Å²) in [6, 6.07) is 9.42. The third kappa shape index (κ3) is 3.42. The number of para-hydroxylation sites is 1. The minimum Gasteiger partial charge on any atom is -0.496 e. The van der Waals surface area contributed by atoms with E-state index in [1.807, 2.05) is 0 Å². The molecule has 2 fully saturated rings. The molecular formula is C19H29NO. The highest BCUT2D eigenvalue weighted by molar-refractivity contribution is 5.36. The first-order valence-electron chi connectivity index (χ1n) is 8.65. The van der Waals surface area contributed by atoms with E-state index in [9.17, 15) is 0 Å². The smallest absolute Gasteiger partial charge is 0.122 e. The highest BCUT2D eigenvalue weighted by Gasteiger charge is 2.29. The van der Waals surface area contributed by atoms with E-state index in [2.05, 4.69) is 36.1 Å². The summed E-state index contributed by atoms with van der Waals surface area (Å²) in [5.74, 6) is 2.68. The molecule has 1 heterocycles. The van der Waals surface area contributed by atoms with Gasteiger partial charge < -0.3 is 9.64 Å². The maximum Gasteiger partial charge on any atom is 0.122 e. The fraction of sp³-hybridized carbons (Fsp3) is 0.684. The van der Waals surface area contributed by atoms with Crippen LogP contribution in [0.3, 0.4) is 0 Å². The van der Waals surface area contributed by atoms with Crippen LogP contribution in [0, 0.1) is 5.92 Å². The molecule has 2 atom stereocenters. The van der Waals surface area contributed by atoms with Crippen LogP contribution in [-0.4, -0.2) is 31.1 Å². The summed E-state index contributed by atoms with van der Waals surface area (Å²) in [6.07, 6.45) is 8.27. The van der Waals surface area contributed by atoms with Crippen molar-refractivity contribution in [3.05, 3.63) is 29.8 Å². The molecule has 2 heteroatoms. The molecule has 1 aliphatic carbocycles. The first-order chi connectivity index (χ1) is 10.3. The summed E-state index contributed by atoms with van der Waals surface area (Å²) in [5.41, 5.74) is 1.41. The first-order valence-corrected chi connectivity index (χ1v) is 8.65. The van der Waals surface area contributed by atoms with Crippen LogP contribution in [0.2, 0.25) is 0 Å². The lowest BCUT2D eigenvalue weighted by molar-refractivity contribution is 0.105. The second kappa shape index (κ2) is 6.83. The molecular weight excluding hydrogens is 258 g/mol. The molecule has 116 valence electrons. The van der Waals surface area contributed by atoms with Crippen LogP contribution in [0.4, 0.5) is 0 Å². The Morgan fingerprint density at radius 3 is 2.52 bits per heavy atom. The Bertz CT molecular complexity index is 451. The Morgan fingerprint density at radius 2 is 1.81 bits per heavy atom. The van der Waals surface area contributed by atoms with Crippen molar-refractivity contribution in [2.45, 2.75) is 57.4 Å². The topological polar surface area (TPSA) is 12.5 Å². The van der Waals surface area contributed by atoms with Gasteiger partial charge in [0.2, 0.25) is 0 Å². The highest BCUT2D eigenvalue weighted by Crippen LogP contribution is 2.36. The standard InChI is InChI=1S/C19H29NO/c1-15-6-5-7-17(14-15)20-12-10-16(11-13-20)18-8-3-4-9-19(18)21-2/h3-4,8-9,15-17H,5-7,10-14H2,1-2H3/t15-,17+/m0/s1. The number of rotatable bonds is 3. The van der Waals surface area contributed by atoms with Crippen LogP contribution in [0.1, 0.15) is 56.9 Å². The van der Waals surface area contributed by atoms with Gasteiger partial charge in [-0.25, -0.2) is 0 Å². The summed E-state index contributed by atoms with van der Waals surface area (Å²) in [4.78, 5) is 2.77. The molecule has 0 unspecified atom stereocenters. The number of nitrogens with zero attached hydrogens (tertiary/aromatic N) is 1. The van der Waals surface area contributed by atoms with E-state index in [0.29, 0.717) is 5.92 Å². The minimum atomic E-state index is 0.679. The normalized spacial score (nSPS) is 28.5. The minimum absolute atomic E-state index is 0.679. The van der Waals surface area contributed by atoms with Crippen molar-refractivity contribution < 1.29 is 4.74 Å². The summed E-state index contributed by atoms with van der Waals surface area (Å²) in [6.45, 7) is 4.95. The van der Waals surface area contributed by atoms with Crippen LogP contribution < -0.4 is 4.74 Å². The number of hydrogen-bond donors (Lipinski definition) is 0.